The minimum absolute atomic E-state index is 0.0919. The summed E-state index contributed by atoms with van der Waals surface area (Å²) >= 11 is 0. The Hall–Kier alpha value is -1.75. The minimum atomic E-state index is 0.0919. The Kier molecular flexibility index (Phi) is 3.26. The first-order chi connectivity index (χ1) is 7.85. The second-order valence-corrected chi connectivity index (χ2v) is 3.41. The van der Waals surface area contributed by atoms with Crippen LogP contribution in [0.4, 0.5) is 0 Å². The highest BCUT2D eigenvalue weighted by molar-refractivity contribution is 5.52. The molecule has 0 bridgehead atoms. The van der Waals surface area contributed by atoms with Gasteiger partial charge < -0.3 is 5.11 Å². The van der Waals surface area contributed by atoms with E-state index in [4.69, 9.17) is 5.11 Å². The van der Waals surface area contributed by atoms with Crippen molar-refractivity contribution < 1.29 is 5.11 Å². The second kappa shape index (κ2) is 4.85. The van der Waals surface area contributed by atoms with E-state index in [0.717, 1.165) is 23.5 Å². The van der Waals surface area contributed by atoms with Gasteiger partial charge in [-0.15, -0.1) is 0 Å². The van der Waals surface area contributed by atoms with Crippen LogP contribution in [0.15, 0.2) is 24.7 Å². The number of nitrogens with zero attached hydrogens (tertiary/aromatic N) is 4. The molecule has 0 amide bonds. The number of aromatic nitrogens is 4. The van der Waals surface area contributed by atoms with Crippen LogP contribution < -0.4 is 0 Å². The van der Waals surface area contributed by atoms with Crippen LogP contribution in [0, 0.1) is 0 Å². The molecule has 16 heavy (non-hydrogen) atoms. The average molecular weight is 218 g/mol. The molecule has 1 N–H and O–H groups in total. The predicted molar refractivity (Wildman–Crippen MR) is 59.7 cm³/mol. The third-order valence-corrected chi connectivity index (χ3v) is 2.36. The summed E-state index contributed by atoms with van der Waals surface area (Å²) in [7, 11) is 0. The van der Waals surface area contributed by atoms with E-state index in [-0.39, 0.29) is 6.61 Å². The molecule has 5 heteroatoms. The van der Waals surface area contributed by atoms with Gasteiger partial charge in [0.25, 0.3) is 0 Å². The fourth-order valence-corrected chi connectivity index (χ4v) is 1.58. The molecule has 0 atom stereocenters. The Balaban J connectivity index is 2.36. The van der Waals surface area contributed by atoms with Crippen LogP contribution in [0.25, 0.3) is 11.4 Å². The molecule has 0 saturated heterocycles. The molecule has 0 aliphatic carbocycles. The van der Waals surface area contributed by atoms with Crippen LogP contribution in [0.1, 0.15) is 12.6 Å². The molecule has 5 nitrogen and oxygen atoms in total. The molecule has 0 aromatic carbocycles. The van der Waals surface area contributed by atoms with E-state index in [0.29, 0.717) is 6.54 Å². The van der Waals surface area contributed by atoms with Gasteiger partial charge in [0.05, 0.1) is 19.3 Å². The lowest BCUT2D eigenvalue weighted by Gasteiger charge is -2.01. The Bertz CT molecular complexity index is 452. The van der Waals surface area contributed by atoms with Gasteiger partial charge in [-0.25, -0.2) is 0 Å². The molecule has 0 aliphatic rings. The van der Waals surface area contributed by atoms with E-state index >= 15 is 0 Å². The lowest BCUT2D eigenvalue weighted by molar-refractivity contribution is 0.267. The topological polar surface area (TPSA) is 63.8 Å². The van der Waals surface area contributed by atoms with Gasteiger partial charge in [-0.05, 0) is 12.5 Å². The third-order valence-electron chi connectivity index (χ3n) is 2.36. The van der Waals surface area contributed by atoms with E-state index in [1.54, 1.807) is 18.6 Å². The second-order valence-electron chi connectivity index (χ2n) is 3.41. The first kappa shape index (κ1) is 10.8. The minimum Gasteiger partial charge on any atom is -0.394 e. The Labute approximate surface area is 93.8 Å². The van der Waals surface area contributed by atoms with Gasteiger partial charge >= 0.3 is 0 Å². The molecule has 0 spiro atoms. The maximum atomic E-state index is 8.93. The summed E-state index contributed by atoms with van der Waals surface area (Å²) in [5.74, 6) is 0. The van der Waals surface area contributed by atoms with Crippen molar-refractivity contribution in [3.05, 3.63) is 30.4 Å². The van der Waals surface area contributed by atoms with Crippen molar-refractivity contribution >= 4 is 0 Å². The maximum absolute atomic E-state index is 8.93. The van der Waals surface area contributed by atoms with Crippen molar-refractivity contribution in [2.45, 2.75) is 19.9 Å². The van der Waals surface area contributed by atoms with Crippen molar-refractivity contribution in [3.8, 4) is 11.4 Å². The highest BCUT2D eigenvalue weighted by atomic mass is 16.3. The van der Waals surface area contributed by atoms with Gasteiger partial charge in [-0.1, -0.05) is 6.92 Å². The molecule has 2 rings (SSSR count). The van der Waals surface area contributed by atoms with Gasteiger partial charge in [0.2, 0.25) is 0 Å². The predicted octanol–water partition coefficient (Wildman–Crippen LogP) is 0.895. The number of aliphatic hydroxyl groups excluding tert-OH is 1. The molecule has 84 valence electrons. The highest BCUT2D eigenvalue weighted by Gasteiger charge is 2.08. The summed E-state index contributed by atoms with van der Waals surface area (Å²) in [6, 6.07) is 1.99. The summed E-state index contributed by atoms with van der Waals surface area (Å²) in [4.78, 5) is 8.21. The number of hydrogen-bond acceptors (Lipinski definition) is 4. The van der Waals surface area contributed by atoms with Crippen molar-refractivity contribution in [2.75, 3.05) is 6.61 Å². The van der Waals surface area contributed by atoms with Gasteiger partial charge in [0.1, 0.15) is 11.4 Å². The van der Waals surface area contributed by atoms with E-state index in [1.807, 2.05) is 10.7 Å². The smallest absolute Gasteiger partial charge is 0.113 e. The van der Waals surface area contributed by atoms with Crippen LogP contribution in [0.3, 0.4) is 0 Å². The lowest BCUT2D eigenvalue weighted by atomic mass is 10.2. The van der Waals surface area contributed by atoms with E-state index in [1.165, 1.54) is 0 Å². The molecule has 2 heterocycles. The number of aryl methyl sites for hydroxylation is 1. The van der Waals surface area contributed by atoms with Crippen LogP contribution in [0.2, 0.25) is 0 Å². The Morgan fingerprint density at radius 2 is 2.19 bits per heavy atom. The van der Waals surface area contributed by atoms with Crippen molar-refractivity contribution in [1.29, 1.82) is 0 Å². The first-order valence-electron chi connectivity index (χ1n) is 5.29. The third kappa shape index (κ3) is 2.09. The molecule has 0 radical (unpaired) electrons. The Morgan fingerprint density at radius 1 is 1.31 bits per heavy atom. The molecule has 0 aliphatic heterocycles. The lowest BCUT2D eigenvalue weighted by Crippen LogP contribution is -2.07. The van der Waals surface area contributed by atoms with Crippen molar-refractivity contribution in [1.82, 2.24) is 19.7 Å². The van der Waals surface area contributed by atoms with Crippen LogP contribution in [-0.2, 0) is 13.0 Å². The summed E-state index contributed by atoms with van der Waals surface area (Å²) in [5, 5.41) is 13.3. The van der Waals surface area contributed by atoms with E-state index in [2.05, 4.69) is 22.0 Å². The van der Waals surface area contributed by atoms with Crippen LogP contribution >= 0.6 is 0 Å². The fraction of sp³-hybridized carbons (Fsp3) is 0.364. The van der Waals surface area contributed by atoms with Crippen LogP contribution in [0.5, 0.6) is 0 Å². The quantitative estimate of drug-likeness (QED) is 0.828. The van der Waals surface area contributed by atoms with Gasteiger partial charge in [-0.2, -0.15) is 5.10 Å². The summed E-state index contributed by atoms with van der Waals surface area (Å²) in [6.07, 6.45) is 5.85. The molecular weight excluding hydrogens is 204 g/mol. The average Bonchev–Trinajstić information content (AvgIpc) is 2.74. The van der Waals surface area contributed by atoms with Crippen molar-refractivity contribution in [2.24, 2.45) is 0 Å². The van der Waals surface area contributed by atoms with Gasteiger partial charge in [0.15, 0.2) is 0 Å². The van der Waals surface area contributed by atoms with Crippen molar-refractivity contribution in [3.63, 3.8) is 0 Å². The summed E-state index contributed by atoms with van der Waals surface area (Å²) in [5.41, 5.74) is 2.65. The van der Waals surface area contributed by atoms with Gasteiger partial charge in [-0.3, -0.25) is 14.6 Å². The molecule has 0 unspecified atom stereocenters. The molecule has 2 aromatic heterocycles. The molecule has 0 fully saturated rings. The number of hydrogen-bond donors (Lipinski definition) is 1. The summed E-state index contributed by atoms with van der Waals surface area (Å²) < 4.78 is 1.81. The summed E-state index contributed by atoms with van der Waals surface area (Å²) in [6.45, 7) is 2.67. The van der Waals surface area contributed by atoms with E-state index < -0.39 is 0 Å². The monoisotopic (exact) mass is 218 g/mol. The number of rotatable bonds is 4. The first-order valence-corrected chi connectivity index (χ1v) is 5.29. The Morgan fingerprint density at radius 3 is 2.81 bits per heavy atom. The zero-order chi connectivity index (χ0) is 11.4. The molecule has 2 aromatic rings. The zero-order valence-electron chi connectivity index (χ0n) is 9.17. The normalized spacial score (nSPS) is 10.6. The molecule has 0 saturated carbocycles. The molecular formula is C11H14N4O. The number of aliphatic hydroxyl groups is 1. The standard InChI is InChI=1S/C11H14N4O/c1-2-9-7-10(14-15(9)5-6-16)11-8-12-3-4-13-11/h3-4,7-8,16H,2,5-6H2,1H3. The van der Waals surface area contributed by atoms with E-state index in [9.17, 15) is 0 Å². The van der Waals surface area contributed by atoms with Gasteiger partial charge in [0, 0.05) is 18.1 Å². The SMILES string of the molecule is CCc1cc(-c2cnccn2)nn1CCO. The highest BCUT2D eigenvalue weighted by Crippen LogP contribution is 2.15. The van der Waals surface area contributed by atoms with Crippen LogP contribution in [-0.4, -0.2) is 31.5 Å². The maximum Gasteiger partial charge on any atom is 0.113 e. The largest absolute Gasteiger partial charge is 0.394 e. The zero-order valence-corrected chi connectivity index (χ0v) is 9.17. The fourth-order valence-electron chi connectivity index (χ4n) is 1.58.